The minimum atomic E-state index is -0.318. The van der Waals surface area contributed by atoms with Gasteiger partial charge in [-0.05, 0) is 23.6 Å². The highest BCUT2D eigenvalue weighted by atomic mass is 32.1. The van der Waals surface area contributed by atoms with Crippen molar-refractivity contribution in [1.82, 2.24) is 4.57 Å². The summed E-state index contributed by atoms with van der Waals surface area (Å²) in [6.07, 6.45) is 0. The predicted molar refractivity (Wildman–Crippen MR) is 73.4 cm³/mol. The average molecular weight is 260 g/mol. The van der Waals surface area contributed by atoms with Crippen molar-refractivity contribution in [3.8, 4) is 0 Å². The van der Waals surface area contributed by atoms with Gasteiger partial charge in [-0.25, -0.2) is 4.79 Å². The lowest BCUT2D eigenvalue weighted by molar-refractivity contribution is 0.519. The van der Waals surface area contributed by atoms with Gasteiger partial charge in [-0.1, -0.05) is 12.1 Å². The Hall–Kier alpha value is -2.01. The van der Waals surface area contributed by atoms with Gasteiger partial charge in [-0.3, -0.25) is 4.57 Å². The smallest absolute Gasteiger partial charge is 0.408 e. The molecule has 0 saturated carbocycles. The molecular weight excluding hydrogens is 248 g/mol. The maximum absolute atomic E-state index is 11.9. The van der Waals surface area contributed by atoms with Crippen LogP contribution in [0.5, 0.6) is 0 Å². The number of hydrogen-bond donors (Lipinski definition) is 1. The van der Waals surface area contributed by atoms with Gasteiger partial charge in [0.2, 0.25) is 0 Å². The topological polar surface area (TPSA) is 47.2 Å². The van der Waals surface area contributed by atoms with Gasteiger partial charge >= 0.3 is 5.76 Å². The maximum Gasteiger partial charge on any atom is 0.420 e. The molecule has 0 bridgehead atoms. The largest absolute Gasteiger partial charge is 0.420 e. The second-order valence-corrected chi connectivity index (χ2v) is 4.97. The lowest BCUT2D eigenvalue weighted by Crippen LogP contribution is -2.14. The Kier molecular flexibility index (Phi) is 2.68. The number of nitrogens with one attached hydrogen (secondary N) is 1. The van der Waals surface area contributed by atoms with Crippen LogP contribution in [0.3, 0.4) is 0 Å². The molecule has 0 saturated heterocycles. The SMILES string of the molecule is CNc1cccc2oc(=O)n(Cc3cccs3)c12. The number of thiophene rings is 1. The monoisotopic (exact) mass is 260 g/mol. The lowest BCUT2D eigenvalue weighted by atomic mass is 10.2. The van der Waals surface area contributed by atoms with E-state index < -0.39 is 0 Å². The Bertz CT molecular complexity index is 725. The Morgan fingerprint density at radius 2 is 2.22 bits per heavy atom. The molecule has 5 heteroatoms. The number of anilines is 1. The van der Waals surface area contributed by atoms with Crippen LogP contribution in [-0.2, 0) is 6.54 Å². The van der Waals surface area contributed by atoms with Crippen LogP contribution in [0.2, 0.25) is 0 Å². The number of benzene rings is 1. The fraction of sp³-hybridized carbons (Fsp3) is 0.154. The standard InChI is InChI=1S/C13H12N2O2S/c1-14-10-5-2-6-11-12(10)15(13(16)17-11)8-9-4-3-7-18-9/h2-7,14H,8H2,1H3. The molecule has 0 unspecified atom stereocenters. The molecule has 2 heterocycles. The van der Waals surface area contributed by atoms with Gasteiger partial charge in [0.25, 0.3) is 0 Å². The summed E-state index contributed by atoms with van der Waals surface area (Å²) in [6, 6.07) is 9.60. The van der Waals surface area contributed by atoms with Crippen molar-refractivity contribution in [3.63, 3.8) is 0 Å². The molecule has 0 aliphatic carbocycles. The molecule has 0 amide bonds. The molecule has 3 rings (SSSR count). The second-order valence-electron chi connectivity index (χ2n) is 3.94. The van der Waals surface area contributed by atoms with Crippen LogP contribution in [0.4, 0.5) is 5.69 Å². The summed E-state index contributed by atoms with van der Waals surface area (Å²) >= 11 is 1.63. The minimum absolute atomic E-state index is 0.318. The zero-order valence-electron chi connectivity index (χ0n) is 9.84. The number of oxazole rings is 1. The van der Waals surface area contributed by atoms with Crippen molar-refractivity contribution >= 4 is 28.1 Å². The van der Waals surface area contributed by atoms with E-state index in [1.165, 1.54) is 0 Å². The minimum Gasteiger partial charge on any atom is -0.408 e. The van der Waals surface area contributed by atoms with Gasteiger partial charge in [-0.15, -0.1) is 11.3 Å². The fourth-order valence-corrected chi connectivity index (χ4v) is 2.72. The highest BCUT2D eigenvalue weighted by molar-refractivity contribution is 7.09. The number of fused-ring (bicyclic) bond motifs is 1. The molecule has 0 spiro atoms. The number of nitrogens with zero attached hydrogens (tertiary/aromatic N) is 1. The molecule has 0 radical (unpaired) electrons. The third-order valence-electron chi connectivity index (χ3n) is 2.85. The van der Waals surface area contributed by atoms with Crippen molar-refractivity contribution in [3.05, 3.63) is 51.1 Å². The third kappa shape index (κ3) is 1.73. The molecule has 1 aromatic carbocycles. The van der Waals surface area contributed by atoms with E-state index in [-0.39, 0.29) is 5.76 Å². The van der Waals surface area contributed by atoms with Gasteiger partial charge < -0.3 is 9.73 Å². The summed E-state index contributed by atoms with van der Waals surface area (Å²) in [5.41, 5.74) is 2.33. The van der Waals surface area contributed by atoms with Gasteiger partial charge in [0, 0.05) is 11.9 Å². The van der Waals surface area contributed by atoms with Crippen molar-refractivity contribution < 1.29 is 4.42 Å². The van der Waals surface area contributed by atoms with Crippen molar-refractivity contribution in [1.29, 1.82) is 0 Å². The molecule has 0 aliphatic heterocycles. The van der Waals surface area contributed by atoms with E-state index in [1.807, 2.05) is 42.8 Å². The zero-order valence-corrected chi connectivity index (χ0v) is 10.7. The third-order valence-corrected chi connectivity index (χ3v) is 3.71. The average Bonchev–Trinajstić information content (AvgIpc) is 2.98. The van der Waals surface area contributed by atoms with Crippen LogP contribution in [0.1, 0.15) is 4.88 Å². The highest BCUT2D eigenvalue weighted by Gasteiger charge is 2.13. The van der Waals surface area contributed by atoms with E-state index >= 15 is 0 Å². The lowest BCUT2D eigenvalue weighted by Gasteiger charge is -2.05. The number of para-hydroxylation sites is 1. The Balaban J connectivity index is 2.21. The molecule has 3 aromatic rings. The number of aromatic nitrogens is 1. The van der Waals surface area contributed by atoms with Gasteiger partial charge in [0.1, 0.15) is 5.52 Å². The molecule has 1 N–H and O–H groups in total. The maximum atomic E-state index is 11.9. The molecule has 18 heavy (non-hydrogen) atoms. The van der Waals surface area contributed by atoms with Crippen LogP contribution in [0.15, 0.2) is 44.9 Å². The first-order chi connectivity index (χ1) is 8.79. The van der Waals surface area contributed by atoms with Crippen molar-refractivity contribution in [2.24, 2.45) is 0 Å². The molecular formula is C13H12N2O2S. The van der Waals surface area contributed by atoms with Gasteiger partial charge in [0.05, 0.1) is 12.2 Å². The molecule has 0 atom stereocenters. The second kappa shape index (κ2) is 4.34. The normalized spacial score (nSPS) is 10.9. The fourth-order valence-electron chi connectivity index (χ4n) is 2.03. The molecule has 2 aromatic heterocycles. The van der Waals surface area contributed by atoms with E-state index in [0.717, 1.165) is 16.1 Å². The number of rotatable bonds is 3. The summed E-state index contributed by atoms with van der Waals surface area (Å²) < 4.78 is 6.92. The van der Waals surface area contributed by atoms with Crippen LogP contribution in [-0.4, -0.2) is 11.6 Å². The van der Waals surface area contributed by atoms with Gasteiger partial charge in [0.15, 0.2) is 5.58 Å². The van der Waals surface area contributed by atoms with Crippen molar-refractivity contribution in [2.45, 2.75) is 6.54 Å². The molecule has 4 nitrogen and oxygen atoms in total. The first kappa shape index (κ1) is 11.1. The van der Waals surface area contributed by atoms with E-state index in [4.69, 9.17) is 4.42 Å². The van der Waals surface area contributed by atoms with Crippen LogP contribution < -0.4 is 11.1 Å². The Labute approximate surface area is 107 Å². The van der Waals surface area contributed by atoms with Crippen molar-refractivity contribution in [2.75, 3.05) is 12.4 Å². The summed E-state index contributed by atoms with van der Waals surface area (Å²) in [6.45, 7) is 0.544. The Morgan fingerprint density at radius 1 is 1.33 bits per heavy atom. The van der Waals surface area contributed by atoms with Gasteiger partial charge in [-0.2, -0.15) is 0 Å². The molecule has 0 aliphatic rings. The first-order valence-electron chi connectivity index (χ1n) is 5.62. The van der Waals surface area contributed by atoms with Crippen LogP contribution in [0.25, 0.3) is 11.1 Å². The zero-order chi connectivity index (χ0) is 12.5. The van der Waals surface area contributed by atoms with E-state index in [1.54, 1.807) is 15.9 Å². The van der Waals surface area contributed by atoms with E-state index in [9.17, 15) is 4.79 Å². The van der Waals surface area contributed by atoms with E-state index in [2.05, 4.69) is 5.32 Å². The highest BCUT2D eigenvalue weighted by Crippen LogP contribution is 2.23. The molecule has 0 fully saturated rings. The van der Waals surface area contributed by atoms with Crippen LogP contribution in [0, 0.1) is 0 Å². The number of hydrogen-bond acceptors (Lipinski definition) is 4. The first-order valence-corrected chi connectivity index (χ1v) is 6.50. The summed E-state index contributed by atoms with van der Waals surface area (Å²) in [5, 5.41) is 5.09. The summed E-state index contributed by atoms with van der Waals surface area (Å²) in [7, 11) is 1.84. The van der Waals surface area contributed by atoms with Crippen LogP contribution >= 0.6 is 11.3 Å². The summed E-state index contributed by atoms with van der Waals surface area (Å²) in [4.78, 5) is 13.0. The Morgan fingerprint density at radius 3 is 2.94 bits per heavy atom. The predicted octanol–water partition coefficient (Wildman–Crippen LogP) is 2.75. The quantitative estimate of drug-likeness (QED) is 0.787. The van der Waals surface area contributed by atoms with E-state index in [0.29, 0.717) is 12.1 Å². The summed E-state index contributed by atoms with van der Waals surface area (Å²) in [5.74, 6) is -0.318. The molecule has 92 valence electrons.